The number of aliphatic imine (C=N–C) groups is 1. The molecule has 26 heavy (non-hydrogen) atoms. The fraction of sp³-hybridized carbons (Fsp3) is 0.350. The molecule has 0 aliphatic heterocycles. The summed E-state index contributed by atoms with van der Waals surface area (Å²) in [6.45, 7) is 6.66. The maximum atomic E-state index is 13.3. The molecule has 2 aromatic rings. The molecule has 0 unspecified atom stereocenters. The number of aryl methyl sites for hydroxylation is 2. The third-order valence-electron chi connectivity index (χ3n) is 4.34. The van der Waals surface area contributed by atoms with E-state index in [1.54, 1.807) is 24.4 Å². The molecule has 0 aliphatic carbocycles. The zero-order valence-electron chi connectivity index (χ0n) is 15.7. The Bertz CT molecular complexity index is 797. The van der Waals surface area contributed by atoms with E-state index in [-0.39, 0.29) is 5.69 Å². The topological polar surface area (TPSA) is 18.8 Å². The highest BCUT2D eigenvalue weighted by molar-refractivity contribution is 5.73. The Kier molecular flexibility index (Phi) is 5.95. The highest BCUT2D eigenvalue weighted by atomic mass is 19.4. The van der Waals surface area contributed by atoms with Crippen LogP contribution in [-0.4, -0.2) is 31.9 Å². The first kappa shape index (κ1) is 19.8. The van der Waals surface area contributed by atoms with Crippen molar-refractivity contribution < 1.29 is 13.2 Å². The zero-order valence-corrected chi connectivity index (χ0v) is 15.7. The van der Waals surface area contributed by atoms with Gasteiger partial charge in [-0.3, -0.25) is 0 Å². The number of para-hydroxylation sites is 1. The van der Waals surface area contributed by atoms with Gasteiger partial charge >= 0.3 is 6.18 Å². The van der Waals surface area contributed by atoms with Crippen molar-refractivity contribution >= 4 is 23.4 Å². The molecule has 0 fully saturated rings. The molecule has 0 spiro atoms. The second-order valence-corrected chi connectivity index (χ2v) is 6.32. The molecule has 0 heterocycles. The summed E-state index contributed by atoms with van der Waals surface area (Å²) in [7, 11) is 3.59. The average Bonchev–Trinajstić information content (AvgIpc) is 2.60. The van der Waals surface area contributed by atoms with Gasteiger partial charge in [-0.2, -0.15) is 13.2 Å². The predicted molar refractivity (Wildman–Crippen MR) is 102 cm³/mol. The number of benzene rings is 2. The van der Waals surface area contributed by atoms with E-state index in [9.17, 15) is 13.2 Å². The van der Waals surface area contributed by atoms with Crippen molar-refractivity contribution in [3.63, 3.8) is 0 Å². The summed E-state index contributed by atoms with van der Waals surface area (Å²) in [4.78, 5) is 8.00. The third-order valence-corrected chi connectivity index (χ3v) is 4.34. The van der Waals surface area contributed by atoms with E-state index in [4.69, 9.17) is 0 Å². The number of hydrogen-bond donors (Lipinski definition) is 0. The average molecular weight is 363 g/mol. The maximum Gasteiger partial charge on any atom is 0.418 e. The van der Waals surface area contributed by atoms with Crippen LogP contribution in [0.15, 0.2) is 41.4 Å². The summed E-state index contributed by atoms with van der Waals surface area (Å²) in [6.07, 6.45) is -2.65. The number of rotatable bonds is 5. The highest BCUT2D eigenvalue weighted by Crippen LogP contribution is 2.40. The van der Waals surface area contributed by atoms with Gasteiger partial charge in [0.25, 0.3) is 0 Å². The molecule has 0 amide bonds. The van der Waals surface area contributed by atoms with Crippen LogP contribution in [0.4, 0.5) is 30.2 Å². The standard InChI is InChI=1S/C20H24F3N3/c1-6-25(4)13-24-17-11-15(3)19(12-14(17)2)26(5)18-10-8-7-9-16(18)20(21,22)23/h7-13H,6H2,1-5H3. The van der Waals surface area contributed by atoms with Crippen molar-refractivity contribution in [2.75, 3.05) is 25.5 Å². The highest BCUT2D eigenvalue weighted by Gasteiger charge is 2.34. The Morgan fingerprint density at radius 2 is 1.65 bits per heavy atom. The summed E-state index contributed by atoms with van der Waals surface area (Å²) in [6, 6.07) is 9.38. The van der Waals surface area contributed by atoms with Crippen molar-refractivity contribution in [2.45, 2.75) is 26.9 Å². The van der Waals surface area contributed by atoms with E-state index in [0.717, 1.165) is 35.1 Å². The Morgan fingerprint density at radius 1 is 1.00 bits per heavy atom. The van der Waals surface area contributed by atoms with E-state index in [2.05, 4.69) is 4.99 Å². The van der Waals surface area contributed by atoms with Crippen LogP contribution in [0.3, 0.4) is 0 Å². The summed E-state index contributed by atoms with van der Waals surface area (Å²) in [5.74, 6) is 0. The number of halogens is 3. The lowest BCUT2D eigenvalue weighted by molar-refractivity contribution is -0.137. The third kappa shape index (κ3) is 4.36. The zero-order chi connectivity index (χ0) is 19.5. The molecular weight excluding hydrogens is 339 g/mol. The van der Waals surface area contributed by atoms with E-state index < -0.39 is 11.7 Å². The van der Waals surface area contributed by atoms with E-state index in [1.165, 1.54) is 12.1 Å². The van der Waals surface area contributed by atoms with Crippen LogP contribution in [0, 0.1) is 13.8 Å². The SMILES string of the molecule is CCN(C)C=Nc1cc(C)c(N(C)c2ccccc2C(F)(F)F)cc1C. The van der Waals surface area contributed by atoms with Gasteiger partial charge in [0.1, 0.15) is 0 Å². The van der Waals surface area contributed by atoms with Crippen LogP contribution in [0.25, 0.3) is 0 Å². The quantitative estimate of drug-likeness (QED) is 0.501. The van der Waals surface area contributed by atoms with Gasteiger partial charge in [0.2, 0.25) is 0 Å². The lowest BCUT2D eigenvalue weighted by atomic mass is 10.1. The van der Waals surface area contributed by atoms with Gasteiger partial charge in [-0.1, -0.05) is 12.1 Å². The molecule has 3 nitrogen and oxygen atoms in total. The monoisotopic (exact) mass is 363 g/mol. The van der Waals surface area contributed by atoms with Gasteiger partial charge in [0.05, 0.1) is 23.3 Å². The van der Waals surface area contributed by atoms with Crippen molar-refractivity contribution in [1.82, 2.24) is 4.90 Å². The smallest absolute Gasteiger partial charge is 0.366 e. The second kappa shape index (κ2) is 7.81. The largest absolute Gasteiger partial charge is 0.418 e. The molecule has 0 bridgehead atoms. The Balaban J connectivity index is 2.44. The van der Waals surface area contributed by atoms with Gasteiger partial charge in [0, 0.05) is 26.3 Å². The number of nitrogens with zero attached hydrogens (tertiary/aromatic N) is 3. The molecule has 140 valence electrons. The van der Waals surface area contributed by atoms with Crippen molar-refractivity contribution in [3.8, 4) is 0 Å². The van der Waals surface area contributed by atoms with Crippen molar-refractivity contribution in [3.05, 3.63) is 53.1 Å². The van der Waals surface area contributed by atoms with Crippen LogP contribution in [0.1, 0.15) is 23.6 Å². The molecule has 0 saturated heterocycles. The van der Waals surface area contributed by atoms with E-state index in [1.807, 2.05) is 44.9 Å². The van der Waals surface area contributed by atoms with E-state index >= 15 is 0 Å². The van der Waals surface area contributed by atoms with E-state index in [0.29, 0.717) is 0 Å². The molecule has 0 aromatic heterocycles. The van der Waals surface area contributed by atoms with Crippen LogP contribution in [-0.2, 0) is 6.18 Å². The minimum absolute atomic E-state index is 0.129. The van der Waals surface area contributed by atoms with Crippen molar-refractivity contribution in [2.24, 2.45) is 4.99 Å². The lowest BCUT2D eigenvalue weighted by Gasteiger charge is -2.26. The summed E-state index contributed by atoms with van der Waals surface area (Å²) in [5, 5.41) is 0. The van der Waals surface area contributed by atoms with Gasteiger partial charge in [0.15, 0.2) is 0 Å². The number of anilines is 2. The Hall–Kier alpha value is -2.50. The lowest BCUT2D eigenvalue weighted by Crippen LogP contribution is -2.17. The number of alkyl halides is 3. The van der Waals surface area contributed by atoms with Gasteiger partial charge in [-0.25, -0.2) is 4.99 Å². The normalized spacial score (nSPS) is 11.8. The first-order valence-electron chi connectivity index (χ1n) is 8.40. The molecule has 0 aliphatic rings. The Morgan fingerprint density at radius 3 is 2.27 bits per heavy atom. The molecule has 2 aromatic carbocycles. The summed E-state index contributed by atoms with van der Waals surface area (Å²) in [5.41, 5.74) is 2.78. The molecule has 6 heteroatoms. The first-order valence-corrected chi connectivity index (χ1v) is 8.40. The second-order valence-electron chi connectivity index (χ2n) is 6.32. The number of hydrogen-bond acceptors (Lipinski definition) is 2. The fourth-order valence-corrected chi connectivity index (χ4v) is 2.66. The molecule has 0 saturated carbocycles. The molecular formula is C20H24F3N3. The fourth-order valence-electron chi connectivity index (χ4n) is 2.66. The first-order chi connectivity index (χ1) is 12.1. The molecule has 0 radical (unpaired) electrons. The predicted octanol–water partition coefficient (Wildman–Crippen LogP) is 5.70. The minimum atomic E-state index is -4.40. The van der Waals surface area contributed by atoms with Crippen LogP contribution >= 0.6 is 0 Å². The minimum Gasteiger partial charge on any atom is -0.366 e. The van der Waals surface area contributed by atoms with Crippen molar-refractivity contribution in [1.29, 1.82) is 0 Å². The van der Waals surface area contributed by atoms with Crippen LogP contribution in [0.2, 0.25) is 0 Å². The maximum absolute atomic E-state index is 13.3. The molecule has 0 N–H and O–H groups in total. The summed E-state index contributed by atoms with van der Waals surface area (Å²) >= 11 is 0. The molecule has 0 atom stereocenters. The van der Waals surface area contributed by atoms with Crippen LogP contribution in [0.5, 0.6) is 0 Å². The molecule has 2 rings (SSSR count). The van der Waals surface area contributed by atoms with Crippen LogP contribution < -0.4 is 4.90 Å². The van der Waals surface area contributed by atoms with Gasteiger partial charge < -0.3 is 9.80 Å². The Labute approximate surface area is 152 Å². The van der Waals surface area contributed by atoms with Gasteiger partial charge in [-0.15, -0.1) is 0 Å². The summed E-state index contributed by atoms with van der Waals surface area (Å²) < 4.78 is 40.0. The van der Waals surface area contributed by atoms with Gasteiger partial charge in [-0.05, 0) is 56.2 Å².